The zero-order valence-electron chi connectivity index (χ0n) is 11.8. The molecule has 0 bridgehead atoms. The van der Waals surface area contributed by atoms with Gasteiger partial charge in [-0.25, -0.2) is 0 Å². The molecule has 0 spiro atoms. The third kappa shape index (κ3) is 4.19. The molecule has 0 amide bonds. The summed E-state index contributed by atoms with van der Waals surface area (Å²) in [5, 5.41) is 0. The predicted molar refractivity (Wildman–Crippen MR) is 78.8 cm³/mol. The standard InChI is InChI=1S/C14H22N2O3S/c1-19-14-8-6-13(7-9-14)12-15-20(17,18)16-10-4-2-3-5-11-16/h6-9,15H,2-5,10-12H2,1H3. The smallest absolute Gasteiger partial charge is 0.279 e. The van der Waals surface area contributed by atoms with Gasteiger partial charge in [0.2, 0.25) is 0 Å². The topological polar surface area (TPSA) is 58.6 Å². The van der Waals surface area contributed by atoms with Crippen LogP contribution in [0.25, 0.3) is 0 Å². The van der Waals surface area contributed by atoms with Crippen LogP contribution in [0, 0.1) is 0 Å². The summed E-state index contributed by atoms with van der Waals surface area (Å²) in [5.74, 6) is 0.768. The van der Waals surface area contributed by atoms with Gasteiger partial charge in [0.1, 0.15) is 5.75 Å². The van der Waals surface area contributed by atoms with Gasteiger partial charge in [0, 0.05) is 19.6 Å². The van der Waals surface area contributed by atoms with E-state index in [0.29, 0.717) is 19.6 Å². The van der Waals surface area contributed by atoms with Crippen LogP contribution >= 0.6 is 0 Å². The van der Waals surface area contributed by atoms with Gasteiger partial charge in [-0.3, -0.25) is 0 Å². The number of hydrogen-bond donors (Lipinski definition) is 1. The van der Waals surface area contributed by atoms with E-state index < -0.39 is 10.2 Å². The average molecular weight is 298 g/mol. The molecule has 0 unspecified atom stereocenters. The normalized spacial score (nSPS) is 17.6. The van der Waals surface area contributed by atoms with Gasteiger partial charge in [-0.2, -0.15) is 17.4 Å². The third-order valence-corrected chi connectivity index (χ3v) is 5.08. The molecule has 0 aliphatic carbocycles. The van der Waals surface area contributed by atoms with Crippen molar-refractivity contribution in [1.29, 1.82) is 0 Å². The zero-order chi connectivity index (χ0) is 14.4. The van der Waals surface area contributed by atoms with Gasteiger partial charge in [-0.1, -0.05) is 25.0 Å². The largest absolute Gasteiger partial charge is 0.497 e. The molecule has 0 aromatic heterocycles. The Hall–Kier alpha value is -1.11. The fourth-order valence-corrected chi connectivity index (χ4v) is 3.56. The highest BCUT2D eigenvalue weighted by Gasteiger charge is 2.22. The lowest BCUT2D eigenvalue weighted by atomic mass is 10.2. The molecule has 1 saturated heterocycles. The Kier molecular flexibility index (Phi) is 5.39. The van der Waals surface area contributed by atoms with Crippen molar-refractivity contribution < 1.29 is 13.2 Å². The molecule has 112 valence electrons. The van der Waals surface area contributed by atoms with Gasteiger partial charge >= 0.3 is 0 Å². The number of rotatable bonds is 5. The molecule has 0 saturated carbocycles. The summed E-state index contributed by atoms with van der Waals surface area (Å²) in [7, 11) is -1.76. The highest BCUT2D eigenvalue weighted by Crippen LogP contribution is 2.14. The van der Waals surface area contributed by atoms with Crippen LogP contribution in [0.5, 0.6) is 5.75 Å². The molecule has 0 atom stereocenters. The maximum atomic E-state index is 12.2. The van der Waals surface area contributed by atoms with Gasteiger partial charge < -0.3 is 4.74 Å². The molecule has 6 heteroatoms. The lowest BCUT2D eigenvalue weighted by molar-refractivity contribution is 0.413. The van der Waals surface area contributed by atoms with Crippen molar-refractivity contribution in [1.82, 2.24) is 9.03 Å². The van der Waals surface area contributed by atoms with E-state index in [1.807, 2.05) is 24.3 Å². The van der Waals surface area contributed by atoms with Crippen LogP contribution in [0.4, 0.5) is 0 Å². The Morgan fingerprint density at radius 1 is 1.10 bits per heavy atom. The van der Waals surface area contributed by atoms with Gasteiger partial charge in [0.05, 0.1) is 7.11 Å². The SMILES string of the molecule is COc1ccc(CNS(=O)(=O)N2CCCCCC2)cc1. The summed E-state index contributed by atoms with van der Waals surface area (Å²) >= 11 is 0. The van der Waals surface area contributed by atoms with Crippen LogP contribution in [-0.4, -0.2) is 32.9 Å². The van der Waals surface area contributed by atoms with Crippen LogP contribution in [0.1, 0.15) is 31.2 Å². The number of hydrogen-bond acceptors (Lipinski definition) is 3. The van der Waals surface area contributed by atoms with Gasteiger partial charge in [0.15, 0.2) is 0 Å². The Labute approximate surface area is 121 Å². The van der Waals surface area contributed by atoms with Crippen molar-refractivity contribution in [2.75, 3.05) is 20.2 Å². The second-order valence-corrected chi connectivity index (χ2v) is 6.74. The lowest BCUT2D eigenvalue weighted by Gasteiger charge is -2.20. The molecule has 5 nitrogen and oxygen atoms in total. The highest BCUT2D eigenvalue weighted by atomic mass is 32.2. The molecule has 1 aromatic carbocycles. The summed E-state index contributed by atoms with van der Waals surface area (Å²) in [6.07, 6.45) is 4.13. The van der Waals surface area contributed by atoms with Crippen LogP contribution < -0.4 is 9.46 Å². The van der Waals surface area contributed by atoms with Crippen molar-refractivity contribution >= 4 is 10.2 Å². The molecular weight excluding hydrogens is 276 g/mol. The number of methoxy groups -OCH3 is 1. The number of ether oxygens (including phenoxy) is 1. The number of benzene rings is 1. The molecule has 20 heavy (non-hydrogen) atoms. The molecule has 1 aliphatic rings. The molecule has 1 aliphatic heterocycles. The molecule has 1 fully saturated rings. The van der Waals surface area contributed by atoms with Gasteiger partial charge in [-0.15, -0.1) is 0 Å². The molecular formula is C14H22N2O3S. The summed E-state index contributed by atoms with van der Waals surface area (Å²) in [6.45, 7) is 1.55. The summed E-state index contributed by atoms with van der Waals surface area (Å²) in [6, 6.07) is 7.39. The Bertz CT molecular complexity index is 506. The maximum Gasteiger partial charge on any atom is 0.279 e. The van der Waals surface area contributed by atoms with E-state index in [0.717, 1.165) is 37.0 Å². The van der Waals surface area contributed by atoms with E-state index in [1.54, 1.807) is 11.4 Å². The van der Waals surface area contributed by atoms with E-state index in [2.05, 4.69) is 4.72 Å². The maximum absolute atomic E-state index is 12.2. The van der Waals surface area contributed by atoms with E-state index in [1.165, 1.54) is 0 Å². The molecule has 0 radical (unpaired) electrons. The van der Waals surface area contributed by atoms with Crippen LogP contribution in [0.2, 0.25) is 0 Å². The van der Waals surface area contributed by atoms with E-state index >= 15 is 0 Å². The third-order valence-electron chi connectivity index (χ3n) is 3.52. The van der Waals surface area contributed by atoms with Crippen LogP contribution in [-0.2, 0) is 16.8 Å². The summed E-state index contributed by atoms with van der Waals surface area (Å²) in [4.78, 5) is 0. The van der Waals surface area contributed by atoms with Gasteiger partial charge in [-0.05, 0) is 30.5 Å². The molecule has 1 aromatic rings. The number of nitrogens with one attached hydrogen (secondary N) is 1. The van der Waals surface area contributed by atoms with Gasteiger partial charge in [0.25, 0.3) is 10.2 Å². The minimum absolute atomic E-state index is 0.308. The van der Waals surface area contributed by atoms with Crippen LogP contribution in [0.3, 0.4) is 0 Å². The van der Waals surface area contributed by atoms with Crippen molar-refractivity contribution in [2.45, 2.75) is 32.2 Å². The summed E-state index contributed by atoms with van der Waals surface area (Å²) in [5.41, 5.74) is 0.921. The first-order valence-electron chi connectivity index (χ1n) is 6.99. The first-order valence-corrected chi connectivity index (χ1v) is 8.43. The van der Waals surface area contributed by atoms with E-state index in [4.69, 9.17) is 4.74 Å². The van der Waals surface area contributed by atoms with Crippen molar-refractivity contribution in [3.8, 4) is 5.75 Å². The fourth-order valence-electron chi connectivity index (χ4n) is 2.29. The minimum atomic E-state index is -3.37. The monoisotopic (exact) mass is 298 g/mol. The molecule has 1 N–H and O–H groups in total. The van der Waals surface area contributed by atoms with Crippen molar-refractivity contribution in [3.63, 3.8) is 0 Å². The first kappa shape index (κ1) is 15.3. The molecule has 1 heterocycles. The number of nitrogens with zero attached hydrogens (tertiary/aromatic N) is 1. The summed E-state index contributed by atoms with van der Waals surface area (Å²) < 4.78 is 33.8. The zero-order valence-corrected chi connectivity index (χ0v) is 12.7. The van der Waals surface area contributed by atoms with E-state index in [-0.39, 0.29) is 0 Å². The lowest BCUT2D eigenvalue weighted by Crippen LogP contribution is -2.40. The van der Waals surface area contributed by atoms with Crippen LogP contribution in [0.15, 0.2) is 24.3 Å². The Balaban J connectivity index is 1.93. The first-order chi connectivity index (χ1) is 9.62. The Morgan fingerprint density at radius 2 is 1.70 bits per heavy atom. The second kappa shape index (κ2) is 7.06. The van der Waals surface area contributed by atoms with E-state index in [9.17, 15) is 8.42 Å². The van der Waals surface area contributed by atoms with Crippen molar-refractivity contribution in [3.05, 3.63) is 29.8 Å². The second-order valence-electron chi connectivity index (χ2n) is 4.99. The minimum Gasteiger partial charge on any atom is -0.497 e. The van der Waals surface area contributed by atoms with Crippen molar-refractivity contribution in [2.24, 2.45) is 0 Å². The molecule has 2 rings (SSSR count). The Morgan fingerprint density at radius 3 is 2.25 bits per heavy atom. The highest BCUT2D eigenvalue weighted by molar-refractivity contribution is 7.87. The quantitative estimate of drug-likeness (QED) is 0.903. The fraction of sp³-hybridized carbons (Fsp3) is 0.571. The predicted octanol–water partition coefficient (Wildman–Crippen LogP) is 1.91. The average Bonchev–Trinajstić information content (AvgIpc) is 2.75.